The second-order valence-electron chi connectivity index (χ2n) is 6.13. The van der Waals surface area contributed by atoms with Crippen molar-refractivity contribution in [3.05, 3.63) is 12.3 Å². The van der Waals surface area contributed by atoms with Crippen molar-refractivity contribution in [2.24, 2.45) is 5.92 Å². The molecule has 0 radical (unpaired) electrons. The largest absolute Gasteiger partial charge is 0.481 e. The van der Waals surface area contributed by atoms with Crippen molar-refractivity contribution in [3.8, 4) is 5.88 Å². The van der Waals surface area contributed by atoms with E-state index in [1.54, 1.807) is 19.4 Å². The van der Waals surface area contributed by atoms with Crippen LogP contribution in [0.25, 0.3) is 0 Å². The van der Waals surface area contributed by atoms with Crippen LogP contribution in [0.4, 0.5) is 5.95 Å². The second-order valence-corrected chi connectivity index (χ2v) is 6.13. The van der Waals surface area contributed by atoms with Gasteiger partial charge < -0.3 is 14.5 Å². The maximum absolute atomic E-state index is 11.9. The first-order valence-corrected chi connectivity index (χ1v) is 8.16. The Hall–Kier alpha value is -1.85. The molecule has 120 valence electrons. The first-order chi connectivity index (χ1) is 10.8. The molecule has 1 amide bonds. The average Bonchev–Trinajstić information content (AvgIpc) is 2.58. The van der Waals surface area contributed by atoms with E-state index >= 15 is 0 Å². The highest BCUT2D eigenvalue weighted by molar-refractivity contribution is 5.76. The number of piperidine rings is 2. The maximum atomic E-state index is 11.9. The summed E-state index contributed by atoms with van der Waals surface area (Å²) >= 11 is 0. The molecule has 3 rings (SSSR count). The lowest BCUT2D eigenvalue weighted by Crippen LogP contribution is -2.43. The molecular formula is C16H24N4O2. The van der Waals surface area contributed by atoms with Crippen molar-refractivity contribution in [2.45, 2.75) is 32.1 Å². The third kappa shape index (κ3) is 3.48. The molecular weight excluding hydrogens is 280 g/mol. The summed E-state index contributed by atoms with van der Waals surface area (Å²) in [6.45, 7) is 3.75. The van der Waals surface area contributed by atoms with Gasteiger partial charge in [0.05, 0.1) is 7.11 Å². The Balaban J connectivity index is 1.52. The zero-order valence-corrected chi connectivity index (χ0v) is 13.2. The van der Waals surface area contributed by atoms with E-state index in [9.17, 15) is 4.79 Å². The number of hydrogen-bond acceptors (Lipinski definition) is 5. The molecule has 1 aromatic heterocycles. The van der Waals surface area contributed by atoms with Gasteiger partial charge in [0, 0.05) is 44.9 Å². The summed E-state index contributed by atoms with van der Waals surface area (Å²) in [4.78, 5) is 24.9. The summed E-state index contributed by atoms with van der Waals surface area (Å²) in [5.41, 5.74) is 0. The molecule has 2 aliphatic rings. The molecule has 0 aromatic carbocycles. The minimum atomic E-state index is 0.338. The van der Waals surface area contributed by atoms with Gasteiger partial charge in [0.15, 0.2) is 0 Å². The highest BCUT2D eigenvalue weighted by Crippen LogP contribution is 2.23. The zero-order chi connectivity index (χ0) is 15.4. The smallest absolute Gasteiger partial charge is 0.228 e. The van der Waals surface area contributed by atoms with Crippen LogP contribution in [0.15, 0.2) is 12.3 Å². The molecule has 0 aliphatic carbocycles. The Morgan fingerprint density at radius 2 is 2.09 bits per heavy atom. The van der Waals surface area contributed by atoms with E-state index in [0.717, 1.165) is 64.2 Å². The number of nitrogens with zero attached hydrogens (tertiary/aromatic N) is 4. The van der Waals surface area contributed by atoms with Gasteiger partial charge in [0.2, 0.25) is 17.7 Å². The predicted octanol–water partition coefficient (Wildman–Crippen LogP) is 1.71. The Morgan fingerprint density at radius 3 is 2.82 bits per heavy atom. The van der Waals surface area contributed by atoms with Crippen LogP contribution in [-0.2, 0) is 4.79 Å². The van der Waals surface area contributed by atoms with Crippen LogP contribution in [0.1, 0.15) is 32.1 Å². The Morgan fingerprint density at radius 1 is 1.27 bits per heavy atom. The summed E-state index contributed by atoms with van der Waals surface area (Å²) in [5, 5.41) is 0. The van der Waals surface area contributed by atoms with Gasteiger partial charge in [-0.3, -0.25) is 4.79 Å². The molecule has 0 atom stereocenters. The third-order valence-electron chi connectivity index (χ3n) is 4.62. The van der Waals surface area contributed by atoms with E-state index in [4.69, 9.17) is 4.74 Å². The number of amides is 1. The van der Waals surface area contributed by atoms with Gasteiger partial charge in [0.1, 0.15) is 0 Å². The van der Waals surface area contributed by atoms with Gasteiger partial charge in [-0.05, 0) is 31.6 Å². The van der Waals surface area contributed by atoms with Crippen molar-refractivity contribution in [1.82, 2.24) is 14.9 Å². The molecule has 2 fully saturated rings. The summed E-state index contributed by atoms with van der Waals surface area (Å²) in [7, 11) is 1.62. The normalized spacial score (nSPS) is 20.3. The first kappa shape index (κ1) is 15.1. The Bertz CT molecular complexity index is 515. The van der Waals surface area contributed by atoms with Gasteiger partial charge >= 0.3 is 0 Å². The van der Waals surface area contributed by atoms with E-state index in [-0.39, 0.29) is 0 Å². The molecule has 0 unspecified atom stereocenters. The molecule has 22 heavy (non-hydrogen) atoms. The number of carbonyl (C=O) groups is 1. The van der Waals surface area contributed by atoms with Crippen molar-refractivity contribution >= 4 is 11.9 Å². The molecule has 0 spiro atoms. The SMILES string of the molecule is COc1ccnc(N2CCC(CN3CCCCC3=O)CC2)n1. The van der Waals surface area contributed by atoms with Crippen molar-refractivity contribution in [2.75, 3.05) is 38.2 Å². The number of likely N-dealkylation sites (tertiary alicyclic amines) is 1. The summed E-state index contributed by atoms with van der Waals surface area (Å²) in [6.07, 6.45) is 6.86. The number of ether oxygens (including phenoxy) is 1. The number of aromatic nitrogens is 2. The second kappa shape index (κ2) is 6.94. The number of rotatable bonds is 4. The molecule has 0 saturated carbocycles. The minimum Gasteiger partial charge on any atom is -0.481 e. The van der Waals surface area contributed by atoms with Crippen molar-refractivity contribution < 1.29 is 9.53 Å². The van der Waals surface area contributed by atoms with E-state index < -0.39 is 0 Å². The lowest BCUT2D eigenvalue weighted by molar-refractivity contribution is -0.134. The van der Waals surface area contributed by atoms with Crippen LogP contribution >= 0.6 is 0 Å². The molecule has 6 heteroatoms. The molecule has 2 aliphatic heterocycles. The van der Waals surface area contributed by atoms with Crippen LogP contribution < -0.4 is 9.64 Å². The highest BCUT2D eigenvalue weighted by atomic mass is 16.5. The van der Waals surface area contributed by atoms with Gasteiger partial charge in [-0.25, -0.2) is 4.98 Å². The van der Waals surface area contributed by atoms with Crippen LogP contribution in [0, 0.1) is 5.92 Å². The summed E-state index contributed by atoms with van der Waals surface area (Å²) in [6, 6.07) is 1.76. The van der Waals surface area contributed by atoms with E-state index in [1.165, 1.54) is 0 Å². The first-order valence-electron chi connectivity index (χ1n) is 8.16. The van der Waals surface area contributed by atoms with E-state index in [1.807, 2.05) is 0 Å². The van der Waals surface area contributed by atoms with Crippen LogP contribution in [0.3, 0.4) is 0 Å². The van der Waals surface area contributed by atoms with Crippen LogP contribution in [0.5, 0.6) is 5.88 Å². The van der Waals surface area contributed by atoms with E-state index in [0.29, 0.717) is 17.7 Å². The van der Waals surface area contributed by atoms with Gasteiger partial charge in [0.25, 0.3) is 0 Å². The fraction of sp³-hybridized carbons (Fsp3) is 0.688. The lowest BCUT2D eigenvalue weighted by atomic mass is 9.95. The van der Waals surface area contributed by atoms with E-state index in [2.05, 4.69) is 19.8 Å². The number of hydrogen-bond donors (Lipinski definition) is 0. The van der Waals surface area contributed by atoms with Crippen molar-refractivity contribution in [1.29, 1.82) is 0 Å². The number of anilines is 1. The molecule has 2 saturated heterocycles. The Kier molecular flexibility index (Phi) is 4.75. The maximum Gasteiger partial charge on any atom is 0.228 e. The predicted molar refractivity (Wildman–Crippen MR) is 84.0 cm³/mol. The summed E-state index contributed by atoms with van der Waals surface area (Å²) < 4.78 is 5.16. The third-order valence-corrected chi connectivity index (χ3v) is 4.62. The van der Waals surface area contributed by atoms with Crippen molar-refractivity contribution in [3.63, 3.8) is 0 Å². The molecule has 0 N–H and O–H groups in total. The molecule has 6 nitrogen and oxygen atoms in total. The van der Waals surface area contributed by atoms with Crippen LogP contribution in [-0.4, -0.2) is 54.1 Å². The number of carbonyl (C=O) groups excluding carboxylic acids is 1. The molecule has 3 heterocycles. The van der Waals surface area contributed by atoms with Gasteiger partial charge in [-0.2, -0.15) is 4.98 Å². The standard InChI is InChI=1S/C16H24N4O2/c1-22-14-5-8-17-16(18-14)19-10-6-13(7-11-19)12-20-9-3-2-4-15(20)21/h5,8,13H,2-4,6-7,9-12H2,1H3. The monoisotopic (exact) mass is 304 g/mol. The summed E-state index contributed by atoms with van der Waals surface area (Å²) in [5.74, 6) is 2.28. The quantitative estimate of drug-likeness (QED) is 0.847. The minimum absolute atomic E-state index is 0.338. The van der Waals surface area contributed by atoms with Gasteiger partial charge in [-0.1, -0.05) is 0 Å². The Labute approximate surface area is 131 Å². The average molecular weight is 304 g/mol. The fourth-order valence-electron chi connectivity index (χ4n) is 3.28. The topological polar surface area (TPSA) is 58.6 Å². The highest BCUT2D eigenvalue weighted by Gasteiger charge is 2.26. The number of methoxy groups -OCH3 is 1. The zero-order valence-electron chi connectivity index (χ0n) is 13.2. The fourth-order valence-corrected chi connectivity index (χ4v) is 3.28. The molecule has 1 aromatic rings. The molecule has 0 bridgehead atoms. The lowest BCUT2D eigenvalue weighted by Gasteiger charge is -2.36. The van der Waals surface area contributed by atoms with Gasteiger partial charge in [-0.15, -0.1) is 0 Å². The van der Waals surface area contributed by atoms with Crippen LogP contribution in [0.2, 0.25) is 0 Å².